The number of carbonyl (C=O) groups excluding carboxylic acids is 1. The van der Waals surface area contributed by atoms with Crippen LogP contribution in [0.25, 0.3) is 5.82 Å². The molecule has 0 bridgehead atoms. The van der Waals surface area contributed by atoms with E-state index in [0.717, 1.165) is 37.6 Å². The van der Waals surface area contributed by atoms with Gasteiger partial charge in [0, 0.05) is 50.7 Å². The lowest BCUT2D eigenvalue weighted by atomic mass is 10.1. The van der Waals surface area contributed by atoms with Crippen LogP contribution in [0.3, 0.4) is 0 Å². The van der Waals surface area contributed by atoms with Gasteiger partial charge in [-0.05, 0) is 37.1 Å². The average Bonchev–Trinajstić information content (AvgIpc) is 3.31. The van der Waals surface area contributed by atoms with E-state index in [9.17, 15) is 4.79 Å². The van der Waals surface area contributed by atoms with Gasteiger partial charge in [-0.15, -0.1) is 0 Å². The lowest BCUT2D eigenvalue weighted by molar-refractivity contribution is 0.166. The molecule has 3 heterocycles. The monoisotopic (exact) mass is 329 g/mol. The van der Waals surface area contributed by atoms with Gasteiger partial charge in [-0.2, -0.15) is 5.10 Å². The van der Waals surface area contributed by atoms with Gasteiger partial charge in [0.05, 0.1) is 6.61 Å². The van der Waals surface area contributed by atoms with Gasteiger partial charge in [-0.3, -0.25) is 0 Å². The van der Waals surface area contributed by atoms with Crippen LogP contribution in [-0.2, 0) is 11.3 Å². The van der Waals surface area contributed by atoms with Crippen molar-refractivity contribution in [3.8, 4) is 5.82 Å². The molecule has 0 aromatic carbocycles. The van der Waals surface area contributed by atoms with Crippen LogP contribution in [0.15, 0.2) is 36.8 Å². The molecule has 1 aliphatic heterocycles. The topological polar surface area (TPSA) is 72.3 Å². The largest absolute Gasteiger partial charge is 0.381 e. The molecule has 1 atom stereocenters. The van der Waals surface area contributed by atoms with E-state index >= 15 is 0 Å². The van der Waals surface area contributed by atoms with Gasteiger partial charge in [0.2, 0.25) is 0 Å². The van der Waals surface area contributed by atoms with Crippen molar-refractivity contribution in [1.82, 2.24) is 25.0 Å². The Bertz CT molecular complexity index is 653. The van der Waals surface area contributed by atoms with Crippen LogP contribution in [0.5, 0.6) is 0 Å². The maximum Gasteiger partial charge on any atom is 0.317 e. The summed E-state index contributed by atoms with van der Waals surface area (Å²) in [6.45, 7) is 5.46. The van der Waals surface area contributed by atoms with Crippen molar-refractivity contribution >= 4 is 6.03 Å². The minimum atomic E-state index is -0.0400. The van der Waals surface area contributed by atoms with Crippen molar-refractivity contribution in [3.05, 3.63) is 42.4 Å². The van der Waals surface area contributed by atoms with Crippen molar-refractivity contribution < 1.29 is 9.53 Å². The van der Waals surface area contributed by atoms with Gasteiger partial charge in [-0.25, -0.2) is 14.5 Å². The Morgan fingerprint density at radius 1 is 1.50 bits per heavy atom. The summed E-state index contributed by atoms with van der Waals surface area (Å²) in [5.74, 6) is 1.19. The van der Waals surface area contributed by atoms with E-state index in [1.807, 2.05) is 36.2 Å². The number of aromatic nitrogens is 3. The predicted molar refractivity (Wildman–Crippen MR) is 89.8 cm³/mol. The van der Waals surface area contributed by atoms with E-state index in [2.05, 4.69) is 15.4 Å². The normalized spacial score (nSPS) is 17.0. The van der Waals surface area contributed by atoms with Crippen LogP contribution in [0.2, 0.25) is 0 Å². The van der Waals surface area contributed by atoms with E-state index in [-0.39, 0.29) is 6.03 Å². The molecule has 0 aliphatic carbocycles. The number of hydrogen-bond acceptors (Lipinski definition) is 4. The molecule has 1 N–H and O–H groups in total. The highest BCUT2D eigenvalue weighted by Gasteiger charge is 2.21. The number of amides is 2. The quantitative estimate of drug-likeness (QED) is 0.878. The summed E-state index contributed by atoms with van der Waals surface area (Å²) in [6, 6.07) is 5.63. The third-order valence-electron chi connectivity index (χ3n) is 4.16. The molecule has 128 valence electrons. The number of rotatable bonds is 6. The van der Waals surface area contributed by atoms with E-state index in [1.165, 1.54) is 0 Å². The fourth-order valence-corrected chi connectivity index (χ4v) is 2.78. The highest BCUT2D eigenvalue weighted by atomic mass is 16.5. The molecule has 7 heteroatoms. The Morgan fingerprint density at radius 3 is 3.12 bits per heavy atom. The van der Waals surface area contributed by atoms with Crippen molar-refractivity contribution in [2.45, 2.75) is 19.9 Å². The molecule has 24 heavy (non-hydrogen) atoms. The predicted octanol–water partition coefficient (Wildman–Crippen LogP) is 1.84. The molecule has 0 saturated carbocycles. The van der Waals surface area contributed by atoms with E-state index in [4.69, 9.17) is 4.74 Å². The van der Waals surface area contributed by atoms with Gasteiger partial charge in [0.15, 0.2) is 5.82 Å². The Hall–Kier alpha value is -2.41. The molecule has 2 aromatic rings. The minimum absolute atomic E-state index is 0.0400. The number of hydrogen-bond donors (Lipinski definition) is 1. The summed E-state index contributed by atoms with van der Waals surface area (Å²) in [5.41, 5.74) is 0.990. The molecule has 0 spiro atoms. The molecule has 7 nitrogen and oxygen atoms in total. The zero-order valence-corrected chi connectivity index (χ0v) is 13.9. The molecule has 3 rings (SSSR count). The van der Waals surface area contributed by atoms with Crippen LogP contribution in [0.1, 0.15) is 18.9 Å². The fourth-order valence-electron chi connectivity index (χ4n) is 2.78. The Morgan fingerprint density at radius 2 is 2.42 bits per heavy atom. The van der Waals surface area contributed by atoms with Gasteiger partial charge in [0.25, 0.3) is 0 Å². The first-order valence-corrected chi connectivity index (χ1v) is 8.31. The summed E-state index contributed by atoms with van der Waals surface area (Å²) in [4.78, 5) is 18.5. The second kappa shape index (κ2) is 7.92. The standard InChI is InChI=1S/C17H23N5O2/c1-2-21(12-15-5-9-24-13-15)17(23)19-11-14-4-7-18-16(10-14)22-8-3-6-20-22/h3-4,6-8,10,15H,2,5,9,11-13H2,1H3,(H,19,23)/t15-/m1/s1. The molecular weight excluding hydrogens is 306 g/mol. The molecule has 2 aromatic heterocycles. The SMILES string of the molecule is CCN(C[C@H]1CCOC1)C(=O)NCc1ccnc(-n2cccn2)c1. The Labute approximate surface area is 141 Å². The molecule has 2 amide bonds. The third-order valence-corrected chi connectivity index (χ3v) is 4.16. The number of urea groups is 1. The van der Waals surface area contributed by atoms with Crippen molar-refractivity contribution in [1.29, 1.82) is 0 Å². The lowest BCUT2D eigenvalue weighted by Gasteiger charge is -2.24. The first-order valence-electron chi connectivity index (χ1n) is 8.31. The lowest BCUT2D eigenvalue weighted by Crippen LogP contribution is -2.42. The molecule has 1 saturated heterocycles. The van der Waals surface area contributed by atoms with E-state index in [0.29, 0.717) is 19.0 Å². The summed E-state index contributed by atoms with van der Waals surface area (Å²) in [6.07, 6.45) is 6.31. The third kappa shape index (κ3) is 4.11. The minimum Gasteiger partial charge on any atom is -0.381 e. The maximum atomic E-state index is 12.4. The second-order valence-electron chi connectivity index (χ2n) is 5.90. The van der Waals surface area contributed by atoms with Crippen molar-refractivity contribution in [2.75, 3.05) is 26.3 Å². The van der Waals surface area contributed by atoms with Gasteiger partial charge in [-0.1, -0.05) is 0 Å². The zero-order valence-electron chi connectivity index (χ0n) is 13.9. The molecule has 1 fully saturated rings. The van der Waals surface area contributed by atoms with Crippen molar-refractivity contribution in [3.63, 3.8) is 0 Å². The second-order valence-corrected chi connectivity index (χ2v) is 5.90. The van der Waals surface area contributed by atoms with E-state index < -0.39 is 0 Å². The summed E-state index contributed by atoms with van der Waals surface area (Å²) in [7, 11) is 0. The summed E-state index contributed by atoms with van der Waals surface area (Å²) in [5, 5.41) is 7.15. The molecule has 1 aliphatic rings. The first kappa shape index (κ1) is 16.4. The Balaban J connectivity index is 1.56. The number of ether oxygens (including phenoxy) is 1. The molecule has 0 radical (unpaired) electrons. The maximum absolute atomic E-state index is 12.4. The van der Waals surface area contributed by atoms with Crippen LogP contribution in [-0.4, -0.2) is 52.0 Å². The highest BCUT2D eigenvalue weighted by Crippen LogP contribution is 2.14. The summed E-state index contributed by atoms with van der Waals surface area (Å²) < 4.78 is 7.08. The van der Waals surface area contributed by atoms with Crippen LogP contribution >= 0.6 is 0 Å². The van der Waals surface area contributed by atoms with Gasteiger partial charge in [0.1, 0.15) is 0 Å². The van der Waals surface area contributed by atoms with E-state index in [1.54, 1.807) is 17.1 Å². The number of nitrogens with zero attached hydrogens (tertiary/aromatic N) is 4. The van der Waals surface area contributed by atoms with Crippen LogP contribution in [0, 0.1) is 5.92 Å². The summed E-state index contributed by atoms with van der Waals surface area (Å²) >= 11 is 0. The number of nitrogens with one attached hydrogen (secondary N) is 1. The van der Waals surface area contributed by atoms with Crippen LogP contribution in [0.4, 0.5) is 4.79 Å². The smallest absolute Gasteiger partial charge is 0.317 e. The molecular formula is C17H23N5O2. The fraction of sp³-hybridized carbons (Fsp3) is 0.471. The van der Waals surface area contributed by atoms with Gasteiger partial charge < -0.3 is 15.0 Å². The first-order chi connectivity index (χ1) is 11.8. The Kier molecular flexibility index (Phi) is 5.43. The number of pyridine rings is 1. The number of carbonyl (C=O) groups is 1. The van der Waals surface area contributed by atoms with Crippen molar-refractivity contribution in [2.24, 2.45) is 5.92 Å². The highest BCUT2D eigenvalue weighted by molar-refractivity contribution is 5.74. The molecule has 0 unspecified atom stereocenters. The van der Waals surface area contributed by atoms with Crippen LogP contribution < -0.4 is 5.32 Å². The zero-order chi connectivity index (χ0) is 16.8. The van der Waals surface area contributed by atoms with Gasteiger partial charge >= 0.3 is 6.03 Å². The average molecular weight is 329 g/mol.